The van der Waals surface area contributed by atoms with Crippen molar-refractivity contribution in [3.63, 3.8) is 0 Å². The largest absolute Gasteiger partial charge is 0.463 e. The van der Waals surface area contributed by atoms with Crippen molar-refractivity contribution in [1.29, 1.82) is 0 Å². The number of H-pyrrole nitrogens is 1. The van der Waals surface area contributed by atoms with Crippen LogP contribution in [-0.2, 0) is 6.54 Å². The molecular formula is C16H14N4O3. The van der Waals surface area contributed by atoms with Gasteiger partial charge in [0.2, 0.25) is 0 Å². The smallest absolute Gasteiger partial charge is 0.261 e. The summed E-state index contributed by atoms with van der Waals surface area (Å²) in [7, 11) is 0. The fraction of sp³-hybridized carbons (Fsp3) is 0.125. The number of furan rings is 1. The van der Waals surface area contributed by atoms with Gasteiger partial charge in [-0.25, -0.2) is 9.97 Å². The zero-order valence-corrected chi connectivity index (χ0v) is 12.4. The fourth-order valence-electron chi connectivity index (χ4n) is 2.10. The van der Waals surface area contributed by atoms with Gasteiger partial charge in [-0.1, -0.05) is 0 Å². The summed E-state index contributed by atoms with van der Waals surface area (Å²) in [6.45, 7) is 1.99. The highest BCUT2D eigenvalue weighted by Crippen LogP contribution is 2.15. The minimum atomic E-state index is -0.477. The molecule has 0 aromatic carbocycles. The molecule has 0 aliphatic heterocycles. The van der Waals surface area contributed by atoms with E-state index in [2.05, 4.69) is 20.3 Å². The normalized spacial score (nSPS) is 10.5. The Balaban J connectivity index is 1.74. The Kier molecular flexibility index (Phi) is 4.01. The number of aryl methyl sites for hydroxylation is 1. The van der Waals surface area contributed by atoms with E-state index in [1.807, 2.05) is 0 Å². The van der Waals surface area contributed by atoms with Crippen molar-refractivity contribution in [2.45, 2.75) is 13.5 Å². The summed E-state index contributed by atoms with van der Waals surface area (Å²) >= 11 is 0. The summed E-state index contributed by atoms with van der Waals surface area (Å²) < 4.78 is 5.21. The van der Waals surface area contributed by atoms with Crippen molar-refractivity contribution in [3.8, 4) is 11.5 Å². The van der Waals surface area contributed by atoms with Crippen molar-refractivity contribution >= 4 is 5.91 Å². The highest BCUT2D eigenvalue weighted by molar-refractivity contribution is 5.93. The quantitative estimate of drug-likeness (QED) is 0.763. The average Bonchev–Trinajstić information content (AvgIpc) is 3.07. The van der Waals surface area contributed by atoms with Gasteiger partial charge in [0.05, 0.1) is 24.2 Å². The van der Waals surface area contributed by atoms with E-state index in [0.717, 1.165) is 0 Å². The van der Waals surface area contributed by atoms with E-state index in [0.29, 0.717) is 23.0 Å². The van der Waals surface area contributed by atoms with Crippen molar-refractivity contribution in [2.24, 2.45) is 0 Å². The Morgan fingerprint density at radius 3 is 2.87 bits per heavy atom. The average molecular weight is 310 g/mol. The number of nitrogens with zero attached hydrogens (tertiary/aromatic N) is 2. The lowest BCUT2D eigenvalue weighted by Gasteiger charge is -2.05. The molecule has 0 saturated carbocycles. The number of hydrogen-bond donors (Lipinski definition) is 2. The molecule has 0 aliphatic rings. The standard InChI is InChI=1S/C16H14N4O3/c1-10-17-7-6-11(19-10)9-18-15(21)12-4-5-13(20-16(12)22)14-3-2-8-23-14/h2-8H,9H2,1H3,(H,18,21)(H,20,22). The third-order valence-corrected chi connectivity index (χ3v) is 3.20. The van der Waals surface area contributed by atoms with Crippen LogP contribution in [0.4, 0.5) is 0 Å². The maximum atomic E-state index is 12.1. The van der Waals surface area contributed by atoms with Gasteiger partial charge < -0.3 is 14.7 Å². The van der Waals surface area contributed by atoms with Gasteiger partial charge in [-0.05, 0) is 37.3 Å². The van der Waals surface area contributed by atoms with E-state index < -0.39 is 11.5 Å². The van der Waals surface area contributed by atoms with Crippen molar-refractivity contribution in [2.75, 3.05) is 0 Å². The molecule has 3 aromatic heterocycles. The molecule has 0 fully saturated rings. The maximum Gasteiger partial charge on any atom is 0.261 e. The van der Waals surface area contributed by atoms with Gasteiger partial charge in [-0.3, -0.25) is 9.59 Å². The Labute approximate surface area is 131 Å². The third kappa shape index (κ3) is 3.34. The lowest BCUT2D eigenvalue weighted by atomic mass is 10.2. The number of carbonyl (C=O) groups excluding carboxylic acids is 1. The molecule has 0 bridgehead atoms. The Bertz CT molecular complexity index is 884. The molecule has 0 spiro atoms. The predicted molar refractivity (Wildman–Crippen MR) is 82.7 cm³/mol. The molecule has 7 nitrogen and oxygen atoms in total. The zero-order chi connectivity index (χ0) is 16.2. The summed E-state index contributed by atoms with van der Waals surface area (Å²) in [5.74, 6) is 0.691. The summed E-state index contributed by atoms with van der Waals surface area (Å²) in [6, 6.07) is 8.25. The molecule has 0 aliphatic carbocycles. The first-order valence-corrected chi connectivity index (χ1v) is 6.97. The molecule has 3 rings (SSSR count). The molecule has 0 saturated heterocycles. The van der Waals surface area contributed by atoms with Crippen LogP contribution < -0.4 is 10.9 Å². The first-order chi connectivity index (χ1) is 11.1. The Morgan fingerprint density at radius 2 is 2.17 bits per heavy atom. The molecule has 116 valence electrons. The summed E-state index contributed by atoms with van der Waals surface area (Å²) in [6.07, 6.45) is 3.13. The molecule has 0 unspecified atom stereocenters. The number of aromatic nitrogens is 3. The number of rotatable bonds is 4. The Hall–Kier alpha value is -3.22. The second-order valence-corrected chi connectivity index (χ2v) is 4.87. The summed E-state index contributed by atoms with van der Waals surface area (Å²) in [5.41, 5.74) is 0.749. The van der Waals surface area contributed by atoms with Gasteiger partial charge in [0, 0.05) is 6.20 Å². The highest BCUT2D eigenvalue weighted by Gasteiger charge is 2.12. The Morgan fingerprint density at radius 1 is 1.30 bits per heavy atom. The predicted octanol–water partition coefficient (Wildman–Crippen LogP) is 1.66. The monoisotopic (exact) mass is 310 g/mol. The first-order valence-electron chi connectivity index (χ1n) is 6.97. The van der Waals surface area contributed by atoms with Crippen LogP contribution in [0.25, 0.3) is 11.5 Å². The number of carbonyl (C=O) groups is 1. The first kappa shape index (κ1) is 14.7. The van der Waals surface area contributed by atoms with Crippen LogP contribution in [0.15, 0.2) is 52.0 Å². The highest BCUT2D eigenvalue weighted by atomic mass is 16.3. The second-order valence-electron chi connectivity index (χ2n) is 4.87. The van der Waals surface area contributed by atoms with Gasteiger partial charge >= 0.3 is 0 Å². The van der Waals surface area contributed by atoms with E-state index in [1.54, 1.807) is 37.4 Å². The topological polar surface area (TPSA) is 101 Å². The van der Waals surface area contributed by atoms with Crippen LogP contribution in [0.2, 0.25) is 0 Å². The fourth-order valence-corrected chi connectivity index (χ4v) is 2.10. The maximum absolute atomic E-state index is 12.1. The zero-order valence-electron chi connectivity index (χ0n) is 12.4. The lowest BCUT2D eigenvalue weighted by molar-refractivity contribution is 0.0949. The van der Waals surface area contributed by atoms with E-state index >= 15 is 0 Å². The second kappa shape index (κ2) is 6.27. The van der Waals surface area contributed by atoms with E-state index in [4.69, 9.17) is 4.42 Å². The number of aromatic amines is 1. The minimum Gasteiger partial charge on any atom is -0.463 e. The van der Waals surface area contributed by atoms with Crippen LogP contribution in [0.1, 0.15) is 21.9 Å². The van der Waals surface area contributed by atoms with Crippen LogP contribution in [0, 0.1) is 6.92 Å². The van der Waals surface area contributed by atoms with Crippen LogP contribution in [0.3, 0.4) is 0 Å². The molecule has 0 atom stereocenters. The van der Waals surface area contributed by atoms with Gasteiger partial charge in [0.1, 0.15) is 17.1 Å². The number of pyridine rings is 1. The van der Waals surface area contributed by atoms with Crippen LogP contribution in [-0.4, -0.2) is 20.9 Å². The van der Waals surface area contributed by atoms with Gasteiger partial charge in [0.15, 0.2) is 0 Å². The molecule has 3 heterocycles. The molecule has 0 radical (unpaired) electrons. The minimum absolute atomic E-state index is 0.0334. The lowest BCUT2D eigenvalue weighted by Crippen LogP contribution is -2.29. The van der Waals surface area contributed by atoms with E-state index in [1.165, 1.54) is 12.3 Å². The van der Waals surface area contributed by atoms with Crippen molar-refractivity contribution in [1.82, 2.24) is 20.3 Å². The van der Waals surface area contributed by atoms with Crippen LogP contribution >= 0.6 is 0 Å². The SMILES string of the molecule is Cc1nccc(CNC(=O)c2ccc(-c3ccco3)[nH]c2=O)n1. The van der Waals surface area contributed by atoms with E-state index in [9.17, 15) is 9.59 Å². The molecule has 23 heavy (non-hydrogen) atoms. The van der Waals surface area contributed by atoms with Crippen molar-refractivity contribution < 1.29 is 9.21 Å². The van der Waals surface area contributed by atoms with Gasteiger partial charge in [-0.2, -0.15) is 0 Å². The molecule has 3 aromatic rings. The van der Waals surface area contributed by atoms with E-state index in [-0.39, 0.29) is 12.1 Å². The van der Waals surface area contributed by atoms with Gasteiger partial charge in [0.25, 0.3) is 11.5 Å². The third-order valence-electron chi connectivity index (χ3n) is 3.20. The molecular weight excluding hydrogens is 296 g/mol. The summed E-state index contributed by atoms with van der Waals surface area (Å²) in [5, 5.41) is 2.66. The number of hydrogen-bond acceptors (Lipinski definition) is 5. The molecule has 1 amide bonds. The molecule has 2 N–H and O–H groups in total. The van der Waals surface area contributed by atoms with Gasteiger partial charge in [-0.15, -0.1) is 0 Å². The molecule has 7 heteroatoms. The van der Waals surface area contributed by atoms with Crippen molar-refractivity contribution in [3.05, 3.63) is 70.2 Å². The number of amides is 1. The number of nitrogens with one attached hydrogen (secondary N) is 2. The van der Waals surface area contributed by atoms with Crippen LogP contribution in [0.5, 0.6) is 0 Å². The summed E-state index contributed by atoms with van der Waals surface area (Å²) in [4.78, 5) is 35.0.